The third-order valence-electron chi connectivity index (χ3n) is 2.37. The van der Waals surface area contributed by atoms with Gasteiger partial charge in [0.25, 0.3) is 6.43 Å². The second-order valence-corrected chi connectivity index (χ2v) is 3.80. The van der Waals surface area contributed by atoms with Crippen LogP contribution in [0.3, 0.4) is 0 Å². The highest BCUT2D eigenvalue weighted by atomic mass is 19.3. The second-order valence-electron chi connectivity index (χ2n) is 3.80. The fourth-order valence-corrected chi connectivity index (χ4v) is 1.63. The van der Waals surface area contributed by atoms with Crippen molar-refractivity contribution < 1.29 is 17.9 Å². The zero-order valence-electron chi connectivity index (χ0n) is 10.2. The highest BCUT2D eigenvalue weighted by molar-refractivity contribution is 5.15. The number of nitrogens with one attached hydrogen (secondary N) is 1. The first-order valence-electron chi connectivity index (χ1n) is 5.83. The normalized spacial score (nSPS) is 12.9. The molecule has 1 rings (SSSR count). The number of alkyl halides is 2. The molecule has 0 radical (unpaired) electrons. The summed E-state index contributed by atoms with van der Waals surface area (Å²) in [6, 6.07) is 1.24. The molecule has 1 atom stereocenters. The standard InChI is InChI=1S/C12H17F3N2O/c1-2-17-11(3-4-18-8-12(14)15)9-5-10(13)7-16-6-9/h5-7,11-12,17H,2-4,8H2,1H3. The molecule has 0 saturated heterocycles. The molecule has 1 aromatic heterocycles. The van der Waals surface area contributed by atoms with Crippen LogP contribution in [0.15, 0.2) is 18.5 Å². The van der Waals surface area contributed by atoms with E-state index in [1.54, 1.807) is 6.20 Å². The monoisotopic (exact) mass is 262 g/mol. The first-order valence-corrected chi connectivity index (χ1v) is 5.83. The van der Waals surface area contributed by atoms with Crippen LogP contribution in [0, 0.1) is 5.82 Å². The van der Waals surface area contributed by atoms with Crippen molar-refractivity contribution in [3.8, 4) is 0 Å². The van der Waals surface area contributed by atoms with Crippen molar-refractivity contribution in [1.82, 2.24) is 10.3 Å². The lowest BCUT2D eigenvalue weighted by Gasteiger charge is -2.18. The van der Waals surface area contributed by atoms with E-state index >= 15 is 0 Å². The maximum absolute atomic E-state index is 13.0. The molecule has 1 aromatic rings. The van der Waals surface area contributed by atoms with Gasteiger partial charge in [0.1, 0.15) is 12.4 Å². The van der Waals surface area contributed by atoms with Crippen LogP contribution < -0.4 is 5.32 Å². The summed E-state index contributed by atoms with van der Waals surface area (Å²) >= 11 is 0. The van der Waals surface area contributed by atoms with Crippen LogP contribution in [0.4, 0.5) is 13.2 Å². The van der Waals surface area contributed by atoms with Gasteiger partial charge in [0.2, 0.25) is 0 Å². The Morgan fingerprint density at radius 1 is 1.39 bits per heavy atom. The Bertz CT molecular complexity index is 350. The van der Waals surface area contributed by atoms with Gasteiger partial charge in [-0.15, -0.1) is 0 Å². The third kappa shape index (κ3) is 5.46. The summed E-state index contributed by atoms with van der Waals surface area (Å²) in [5, 5.41) is 3.14. The molecule has 0 saturated carbocycles. The van der Waals surface area contributed by atoms with E-state index in [0.29, 0.717) is 18.5 Å². The summed E-state index contributed by atoms with van der Waals surface area (Å²) in [7, 11) is 0. The zero-order valence-corrected chi connectivity index (χ0v) is 10.2. The maximum Gasteiger partial charge on any atom is 0.261 e. The van der Waals surface area contributed by atoms with Crippen LogP contribution in [-0.4, -0.2) is 31.2 Å². The molecular formula is C12H17F3N2O. The number of halogens is 3. The molecular weight excluding hydrogens is 245 g/mol. The predicted octanol–water partition coefficient (Wildman–Crippen LogP) is 2.54. The Kier molecular flexibility index (Phi) is 6.67. The molecule has 0 aliphatic carbocycles. The SMILES string of the molecule is CCNC(CCOCC(F)F)c1cncc(F)c1. The molecule has 0 spiro atoms. The number of ether oxygens (including phenoxy) is 1. The Hall–Kier alpha value is -1.14. The summed E-state index contributed by atoms with van der Waals surface area (Å²) in [5.74, 6) is -0.413. The van der Waals surface area contributed by atoms with Gasteiger partial charge < -0.3 is 10.1 Å². The molecule has 0 aromatic carbocycles. The Morgan fingerprint density at radius 3 is 2.78 bits per heavy atom. The van der Waals surface area contributed by atoms with E-state index in [0.717, 1.165) is 6.20 Å². The van der Waals surface area contributed by atoms with Gasteiger partial charge in [0, 0.05) is 18.8 Å². The summed E-state index contributed by atoms with van der Waals surface area (Å²) in [5.41, 5.74) is 0.692. The quantitative estimate of drug-likeness (QED) is 0.731. The zero-order chi connectivity index (χ0) is 13.4. The van der Waals surface area contributed by atoms with Gasteiger partial charge in [-0.2, -0.15) is 0 Å². The maximum atomic E-state index is 13.0. The molecule has 0 fully saturated rings. The average Bonchev–Trinajstić information content (AvgIpc) is 2.33. The summed E-state index contributed by atoms with van der Waals surface area (Å²) in [6.07, 6.45) is 0.716. The number of nitrogens with zero attached hydrogens (tertiary/aromatic N) is 1. The van der Waals surface area contributed by atoms with Gasteiger partial charge in [-0.3, -0.25) is 4.98 Å². The summed E-state index contributed by atoms with van der Waals surface area (Å²) in [4.78, 5) is 3.77. The van der Waals surface area contributed by atoms with Crippen molar-refractivity contribution in [2.75, 3.05) is 19.8 Å². The summed E-state index contributed by atoms with van der Waals surface area (Å²) in [6.45, 7) is 2.23. The number of pyridine rings is 1. The van der Waals surface area contributed by atoms with Crippen molar-refractivity contribution in [3.63, 3.8) is 0 Å². The van der Waals surface area contributed by atoms with Gasteiger partial charge in [0.15, 0.2) is 0 Å². The summed E-state index contributed by atoms with van der Waals surface area (Å²) < 4.78 is 41.6. The van der Waals surface area contributed by atoms with E-state index in [4.69, 9.17) is 4.74 Å². The van der Waals surface area contributed by atoms with E-state index in [2.05, 4.69) is 10.3 Å². The van der Waals surface area contributed by atoms with E-state index in [9.17, 15) is 13.2 Å². The minimum atomic E-state index is -2.46. The highest BCUT2D eigenvalue weighted by Crippen LogP contribution is 2.16. The van der Waals surface area contributed by atoms with Crippen molar-refractivity contribution in [2.45, 2.75) is 25.8 Å². The molecule has 0 aliphatic heterocycles. The van der Waals surface area contributed by atoms with Gasteiger partial charge in [-0.05, 0) is 24.6 Å². The Morgan fingerprint density at radius 2 is 2.17 bits per heavy atom. The smallest absolute Gasteiger partial charge is 0.261 e. The lowest BCUT2D eigenvalue weighted by atomic mass is 10.1. The van der Waals surface area contributed by atoms with Crippen LogP contribution >= 0.6 is 0 Å². The van der Waals surface area contributed by atoms with Crippen LogP contribution in [-0.2, 0) is 4.74 Å². The van der Waals surface area contributed by atoms with E-state index in [-0.39, 0.29) is 12.6 Å². The minimum absolute atomic E-state index is 0.143. The first kappa shape index (κ1) is 14.9. The molecule has 1 unspecified atom stereocenters. The van der Waals surface area contributed by atoms with Gasteiger partial charge >= 0.3 is 0 Å². The van der Waals surface area contributed by atoms with E-state index in [1.807, 2.05) is 6.92 Å². The second kappa shape index (κ2) is 8.05. The van der Waals surface area contributed by atoms with Crippen LogP contribution in [0.1, 0.15) is 24.9 Å². The van der Waals surface area contributed by atoms with Crippen molar-refractivity contribution in [1.29, 1.82) is 0 Å². The molecule has 6 heteroatoms. The van der Waals surface area contributed by atoms with Gasteiger partial charge in [-0.25, -0.2) is 13.2 Å². The molecule has 0 bridgehead atoms. The van der Waals surface area contributed by atoms with Gasteiger partial charge in [0.05, 0.1) is 6.20 Å². The van der Waals surface area contributed by atoms with Crippen LogP contribution in [0.5, 0.6) is 0 Å². The molecule has 1 heterocycles. The molecule has 18 heavy (non-hydrogen) atoms. The number of hydrogen-bond donors (Lipinski definition) is 1. The molecule has 0 amide bonds. The van der Waals surface area contributed by atoms with Crippen LogP contribution in [0.25, 0.3) is 0 Å². The first-order chi connectivity index (χ1) is 8.63. The number of aromatic nitrogens is 1. The fourth-order valence-electron chi connectivity index (χ4n) is 1.63. The minimum Gasteiger partial charge on any atom is -0.375 e. The highest BCUT2D eigenvalue weighted by Gasteiger charge is 2.12. The predicted molar refractivity (Wildman–Crippen MR) is 62.1 cm³/mol. The number of rotatable bonds is 8. The Balaban J connectivity index is 2.49. The average molecular weight is 262 g/mol. The van der Waals surface area contributed by atoms with Crippen molar-refractivity contribution in [3.05, 3.63) is 29.8 Å². The molecule has 0 aliphatic rings. The Labute approximate surface area is 104 Å². The van der Waals surface area contributed by atoms with Crippen molar-refractivity contribution in [2.24, 2.45) is 0 Å². The molecule has 102 valence electrons. The fraction of sp³-hybridized carbons (Fsp3) is 0.583. The lowest BCUT2D eigenvalue weighted by molar-refractivity contribution is 0.0144. The van der Waals surface area contributed by atoms with Crippen molar-refractivity contribution >= 4 is 0 Å². The third-order valence-corrected chi connectivity index (χ3v) is 2.37. The van der Waals surface area contributed by atoms with E-state index in [1.165, 1.54) is 6.07 Å². The van der Waals surface area contributed by atoms with Crippen LogP contribution in [0.2, 0.25) is 0 Å². The number of hydrogen-bond acceptors (Lipinski definition) is 3. The van der Waals surface area contributed by atoms with Gasteiger partial charge in [-0.1, -0.05) is 6.92 Å². The topological polar surface area (TPSA) is 34.1 Å². The molecule has 3 nitrogen and oxygen atoms in total. The largest absolute Gasteiger partial charge is 0.375 e. The lowest BCUT2D eigenvalue weighted by Crippen LogP contribution is -2.23. The molecule has 1 N–H and O–H groups in total. The van der Waals surface area contributed by atoms with E-state index < -0.39 is 18.8 Å².